The lowest BCUT2D eigenvalue weighted by Gasteiger charge is -2.14. The fourth-order valence-electron chi connectivity index (χ4n) is 2.59. The molecule has 1 saturated carbocycles. The van der Waals surface area contributed by atoms with Crippen LogP contribution in [0, 0.1) is 6.92 Å². The Balaban J connectivity index is 2.02. The molecule has 0 N–H and O–H groups in total. The molecule has 1 aliphatic carbocycles. The Labute approximate surface area is 96.2 Å². The zero-order valence-corrected chi connectivity index (χ0v) is 11.5. The molecule has 0 saturated heterocycles. The van der Waals surface area contributed by atoms with Gasteiger partial charge >= 0.3 is 0 Å². The molecule has 1 heterocycles. The van der Waals surface area contributed by atoms with E-state index < -0.39 is 0 Å². The molecular weight excluding hydrogens is 220 g/mol. The molecular formula is C12H21NP2. The van der Waals surface area contributed by atoms with E-state index in [1.165, 1.54) is 64.9 Å². The number of hydrogen-bond donors (Lipinski definition) is 0. The van der Waals surface area contributed by atoms with Crippen molar-refractivity contribution < 1.29 is 0 Å². The van der Waals surface area contributed by atoms with E-state index >= 15 is 0 Å². The van der Waals surface area contributed by atoms with E-state index in [9.17, 15) is 0 Å². The molecule has 1 aliphatic rings. The van der Waals surface area contributed by atoms with E-state index in [-0.39, 0.29) is 0 Å². The first-order valence-electron chi connectivity index (χ1n) is 6.25. The SMILES string of the molecule is Cc1n[pH]pc1C1CCCCCCCC1. The van der Waals surface area contributed by atoms with Crippen LogP contribution >= 0.6 is 15.9 Å². The number of aryl methyl sites for hydroxylation is 1. The van der Waals surface area contributed by atoms with Gasteiger partial charge in [-0.15, -0.1) is 0 Å². The van der Waals surface area contributed by atoms with Gasteiger partial charge in [-0.05, 0) is 41.6 Å². The number of aromatic nitrogens is 1. The standard InChI is InChI=1S/C12H21NP2/c1-10-12(14-15-13-10)11-8-6-4-2-3-5-7-9-11/h11,15H,2-9H2,1H3. The van der Waals surface area contributed by atoms with Crippen LogP contribution in [0.1, 0.15) is 68.3 Å². The molecule has 0 aromatic carbocycles. The molecule has 1 unspecified atom stereocenters. The van der Waals surface area contributed by atoms with Gasteiger partial charge in [-0.25, -0.2) is 4.75 Å². The molecule has 0 amide bonds. The molecule has 84 valence electrons. The molecule has 1 fully saturated rings. The molecule has 0 bridgehead atoms. The first-order chi connectivity index (χ1) is 7.38. The maximum atomic E-state index is 4.57. The molecule has 2 rings (SSSR count). The van der Waals surface area contributed by atoms with Gasteiger partial charge in [0.15, 0.2) is 0 Å². The number of rotatable bonds is 1. The molecule has 0 aliphatic heterocycles. The minimum atomic E-state index is 0.811. The van der Waals surface area contributed by atoms with Crippen LogP contribution in [0.4, 0.5) is 0 Å². The Hall–Kier alpha value is 0.140. The maximum absolute atomic E-state index is 4.57. The van der Waals surface area contributed by atoms with E-state index in [0.717, 1.165) is 13.9 Å². The van der Waals surface area contributed by atoms with Gasteiger partial charge in [0.2, 0.25) is 0 Å². The van der Waals surface area contributed by atoms with Crippen LogP contribution in [0.25, 0.3) is 0 Å². The highest BCUT2D eigenvalue weighted by Gasteiger charge is 2.16. The molecule has 15 heavy (non-hydrogen) atoms. The Morgan fingerprint density at radius 2 is 1.67 bits per heavy atom. The Morgan fingerprint density at radius 1 is 1.07 bits per heavy atom. The second-order valence-electron chi connectivity index (χ2n) is 4.69. The molecule has 0 spiro atoms. The summed E-state index contributed by atoms with van der Waals surface area (Å²) in [6, 6.07) is 0. The zero-order valence-electron chi connectivity index (χ0n) is 9.63. The quantitative estimate of drug-likeness (QED) is 0.656. The summed E-state index contributed by atoms with van der Waals surface area (Å²) in [6.45, 7) is 2.22. The molecule has 3 heteroatoms. The van der Waals surface area contributed by atoms with Crippen molar-refractivity contribution in [3.05, 3.63) is 11.0 Å². The number of hydrogen-bond acceptors (Lipinski definition) is 1. The summed E-state index contributed by atoms with van der Waals surface area (Å²) < 4.78 is 4.57. The molecule has 1 aromatic heterocycles. The first-order valence-corrected chi connectivity index (χ1v) is 8.93. The van der Waals surface area contributed by atoms with Crippen molar-refractivity contribution in [3.63, 3.8) is 0 Å². The highest BCUT2D eigenvalue weighted by atomic mass is 31.8. The Kier molecular flexibility index (Phi) is 4.66. The zero-order chi connectivity index (χ0) is 10.5. The van der Waals surface area contributed by atoms with Gasteiger partial charge in [0.05, 0.1) is 0 Å². The lowest BCUT2D eigenvalue weighted by Crippen LogP contribution is -1.98. The van der Waals surface area contributed by atoms with Crippen LogP contribution in [-0.4, -0.2) is 4.75 Å². The average Bonchev–Trinajstić information content (AvgIpc) is 2.68. The molecule has 0 radical (unpaired) electrons. The smallest absolute Gasteiger partial charge is 0.0498 e. The summed E-state index contributed by atoms with van der Waals surface area (Å²) in [5.74, 6) is 0.878. The largest absolute Gasteiger partial charge is 0.241 e. The van der Waals surface area contributed by atoms with Crippen molar-refractivity contribution in [2.45, 2.75) is 64.2 Å². The third-order valence-electron chi connectivity index (χ3n) is 3.50. The summed E-state index contributed by atoms with van der Waals surface area (Å²) in [7, 11) is 2.34. The van der Waals surface area contributed by atoms with Crippen molar-refractivity contribution in [2.75, 3.05) is 0 Å². The average molecular weight is 241 g/mol. The second kappa shape index (κ2) is 6.02. The van der Waals surface area contributed by atoms with Crippen molar-refractivity contribution in [1.29, 1.82) is 0 Å². The lowest BCUT2D eigenvalue weighted by atomic mass is 9.94. The maximum Gasteiger partial charge on any atom is 0.0498 e. The summed E-state index contributed by atoms with van der Waals surface area (Å²) in [4.78, 5) is 0. The van der Waals surface area contributed by atoms with Gasteiger partial charge < -0.3 is 0 Å². The normalized spacial score (nSPS) is 21.7. The van der Waals surface area contributed by atoms with Crippen molar-refractivity contribution in [2.24, 2.45) is 0 Å². The highest BCUT2D eigenvalue weighted by molar-refractivity contribution is 7.89. The van der Waals surface area contributed by atoms with Crippen molar-refractivity contribution in [1.82, 2.24) is 4.75 Å². The van der Waals surface area contributed by atoms with Gasteiger partial charge in [-0.1, -0.05) is 38.5 Å². The minimum Gasteiger partial charge on any atom is -0.241 e. The summed E-state index contributed by atoms with van der Waals surface area (Å²) in [5, 5.41) is 1.69. The van der Waals surface area contributed by atoms with Crippen molar-refractivity contribution in [3.8, 4) is 0 Å². The minimum absolute atomic E-state index is 0.811. The van der Waals surface area contributed by atoms with Gasteiger partial charge in [0.1, 0.15) is 0 Å². The van der Waals surface area contributed by atoms with Crippen LogP contribution < -0.4 is 0 Å². The fourth-order valence-corrected chi connectivity index (χ4v) is 5.72. The fraction of sp³-hybridized carbons (Fsp3) is 0.833. The van der Waals surface area contributed by atoms with Gasteiger partial charge in [0, 0.05) is 11.0 Å². The van der Waals surface area contributed by atoms with E-state index in [1.807, 2.05) is 0 Å². The third kappa shape index (κ3) is 3.30. The van der Waals surface area contributed by atoms with Crippen LogP contribution in [-0.2, 0) is 0 Å². The van der Waals surface area contributed by atoms with Crippen LogP contribution in [0.2, 0.25) is 0 Å². The second-order valence-corrected chi connectivity index (χ2v) is 7.09. The van der Waals surface area contributed by atoms with E-state index in [4.69, 9.17) is 0 Å². The van der Waals surface area contributed by atoms with Crippen LogP contribution in [0.15, 0.2) is 0 Å². The van der Waals surface area contributed by atoms with Gasteiger partial charge in [-0.2, -0.15) is 0 Å². The van der Waals surface area contributed by atoms with E-state index in [2.05, 4.69) is 11.7 Å². The predicted octanol–water partition coefficient (Wildman–Crippen LogP) is 5.22. The third-order valence-corrected chi connectivity index (χ3v) is 6.29. The summed E-state index contributed by atoms with van der Waals surface area (Å²) in [5.41, 5.74) is 1.37. The molecule has 1 atom stereocenters. The van der Waals surface area contributed by atoms with Crippen LogP contribution in [0.3, 0.4) is 0 Å². The topological polar surface area (TPSA) is 12.9 Å². The van der Waals surface area contributed by atoms with E-state index in [1.54, 1.807) is 5.30 Å². The summed E-state index contributed by atoms with van der Waals surface area (Å²) in [6.07, 6.45) is 11.6. The van der Waals surface area contributed by atoms with Gasteiger partial charge in [0.25, 0.3) is 0 Å². The monoisotopic (exact) mass is 241 g/mol. The lowest BCUT2D eigenvalue weighted by molar-refractivity contribution is 0.544. The molecule has 1 aromatic rings. The first kappa shape index (κ1) is 11.6. The van der Waals surface area contributed by atoms with Crippen LogP contribution in [0.5, 0.6) is 0 Å². The number of nitrogens with zero attached hydrogens (tertiary/aromatic N) is 1. The Bertz CT molecular complexity index is 286. The molecule has 1 nitrogen and oxygen atoms in total. The highest BCUT2D eigenvalue weighted by Crippen LogP contribution is 2.39. The Morgan fingerprint density at radius 3 is 2.20 bits per heavy atom. The van der Waals surface area contributed by atoms with Crippen molar-refractivity contribution >= 4 is 15.9 Å². The van der Waals surface area contributed by atoms with Gasteiger partial charge in [-0.3, -0.25) is 0 Å². The van der Waals surface area contributed by atoms with E-state index in [0.29, 0.717) is 0 Å². The summed E-state index contributed by atoms with van der Waals surface area (Å²) >= 11 is 0. The predicted molar refractivity (Wildman–Crippen MR) is 70.7 cm³/mol.